The van der Waals surface area contributed by atoms with Crippen molar-refractivity contribution in [1.82, 2.24) is 4.72 Å². The third-order valence-corrected chi connectivity index (χ3v) is 4.31. The molecule has 0 bridgehead atoms. The summed E-state index contributed by atoms with van der Waals surface area (Å²) in [7, 11) is -2.54. The van der Waals surface area contributed by atoms with Gasteiger partial charge in [-0.1, -0.05) is 0 Å². The number of carbonyl (C=O) groups is 1. The van der Waals surface area contributed by atoms with Crippen molar-refractivity contribution in [1.29, 1.82) is 0 Å². The molecule has 8 heteroatoms. The van der Waals surface area contributed by atoms with Crippen LogP contribution >= 0.6 is 0 Å². The van der Waals surface area contributed by atoms with Gasteiger partial charge in [0.15, 0.2) is 0 Å². The quantitative estimate of drug-likeness (QED) is 0.568. The van der Waals surface area contributed by atoms with Gasteiger partial charge in [0.05, 0.1) is 25.0 Å². The average Bonchev–Trinajstić information content (AvgIpc) is 2.43. The SMILES string of the molecule is CCOCC(C)NS(=O)(=O)c1ccc(C(=O)OC)cc1N. The van der Waals surface area contributed by atoms with E-state index in [2.05, 4.69) is 9.46 Å². The fourth-order valence-electron chi connectivity index (χ4n) is 1.69. The molecule has 0 saturated heterocycles. The maximum atomic E-state index is 12.2. The van der Waals surface area contributed by atoms with Crippen molar-refractivity contribution in [3.05, 3.63) is 23.8 Å². The summed E-state index contributed by atoms with van der Waals surface area (Å²) < 4.78 is 36.6. The third-order valence-electron chi connectivity index (χ3n) is 2.65. The molecule has 21 heavy (non-hydrogen) atoms. The van der Waals surface area contributed by atoms with Crippen molar-refractivity contribution < 1.29 is 22.7 Å². The number of carbonyl (C=O) groups excluding carboxylic acids is 1. The van der Waals surface area contributed by atoms with Crippen LogP contribution in [0.15, 0.2) is 23.1 Å². The molecule has 1 aromatic carbocycles. The predicted octanol–water partition coefficient (Wildman–Crippen LogP) is 0.759. The Balaban J connectivity index is 2.96. The summed E-state index contributed by atoms with van der Waals surface area (Å²) in [4.78, 5) is 11.3. The lowest BCUT2D eigenvalue weighted by Gasteiger charge is -2.15. The lowest BCUT2D eigenvalue weighted by molar-refractivity contribution is 0.0600. The molecule has 0 radical (unpaired) electrons. The summed E-state index contributed by atoms with van der Waals surface area (Å²) in [6.07, 6.45) is 0. The van der Waals surface area contributed by atoms with E-state index in [0.717, 1.165) is 0 Å². The lowest BCUT2D eigenvalue weighted by atomic mass is 10.2. The molecule has 0 fully saturated rings. The third kappa shape index (κ3) is 4.69. The van der Waals surface area contributed by atoms with Crippen molar-refractivity contribution in [3.8, 4) is 0 Å². The number of ether oxygens (including phenoxy) is 2. The fourth-order valence-corrected chi connectivity index (χ4v) is 3.04. The van der Waals surface area contributed by atoms with Gasteiger partial charge in [-0.3, -0.25) is 0 Å². The van der Waals surface area contributed by atoms with Crippen LogP contribution in [0, 0.1) is 0 Å². The first-order valence-corrected chi connectivity index (χ1v) is 7.88. The molecule has 0 aliphatic rings. The molecule has 1 atom stereocenters. The molecular formula is C13H20N2O5S. The maximum Gasteiger partial charge on any atom is 0.337 e. The molecule has 0 heterocycles. The van der Waals surface area contributed by atoms with Gasteiger partial charge >= 0.3 is 5.97 Å². The second kappa shape index (κ2) is 7.39. The minimum absolute atomic E-state index is 0.0194. The van der Waals surface area contributed by atoms with Crippen LogP contribution in [0.25, 0.3) is 0 Å². The molecule has 1 rings (SSSR count). The highest BCUT2D eigenvalue weighted by atomic mass is 32.2. The summed E-state index contributed by atoms with van der Waals surface area (Å²) >= 11 is 0. The van der Waals surface area contributed by atoms with Crippen molar-refractivity contribution in [2.45, 2.75) is 24.8 Å². The van der Waals surface area contributed by atoms with Crippen LogP contribution in [0.3, 0.4) is 0 Å². The van der Waals surface area contributed by atoms with E-state index >= 15 is 0 Å². The van der Waals surface area contributed by atoms with Crippen LogP contribution in [0.2, 0.25) is 0 Å². The van der Waals surface area contributed by atoms with Gasteiger partial charge in [0.2, 0.25) is 10.0 Å². The maximum absolute atomic E-state index is 12.2. The molecule has 0 aromatic heterocycles. The Morgan fingerprint density at radius 3 is 2.62 bits per heavy atom. The van der Waals surface area contributed by atoms with Crippen LogP contribution in [0.4, 0.5) is 5.69 Å². The number of sulfonamides is 1. The predicted molar refractivity (Wildman–Crippen MR) is 78.5 cm³/mol. The summed E-state index contributed by atoms with van der Waals surface area (Å²) in [5.74, 6) is -0.580. The number of hydrogen-bond donors (Lipinski definition) is 2. The Labute approximate surface area is 124 Å². The second-order valence-electron chi connectivity index (χ2n) is 4.43. The zero-order chi connectivity index (χ0) is 16.0. The number of nitrogen functional groups attached to an aromatic ring is 1. The molecule has 0 spiro atoms. The summed E-state index contributed by atoms with van der Waals surface area (Å²) in [6.45, 7) is 4.27. The number of nitrogens with one attached hydrogen (secondary N) is 1. The van der Waals surface area contributed by atoms with Crippen LogP contribution < -0.4 is 10.5 Å². The number of anilines is 1. The summed E-state index contributed by atoms with van der Waals surface area (Å²) in [5, 5.41) is 0. The number of nitrogens with two attached hydrogens (primary N) is 1. The highest BCUT2D eigenvalue weighted by Gasteiger charge is 2.21. The van der Waals surface area contributed by atoms with E-state index in [-0.39, 0.29) is 22.8 Å². The molecule has 3 N–H and O–H groups in total. The van der Waals surface area contributed by atoms with Crippen molar-refractivity contribution >= 4 is 21.7 Å². The molecule has 0 saturated carbocycles. The zero-order valence-electron chi connectivity index (χ0n) is 12.3. The number of esters is 1. The first kappa shape index (κ1) is 17.4. The number of rotatable bonds is 7. The Hall–Kier alpha value is -1.64. The molecule has 0 amide bonds. The van der Waals surface area contributed by atoms with Gasteiger partial charge in [-0.2, -0.15) is 0 Å². The van der Waals surface area contributed by atoms with Gasteiger partial charge in [0.25, 0.3) is 0 Å². The van der Waals surface area contributed by atoms with Gasteiger partial charge in [-0.15, -0.1) is 0 Å². The minimum Gasteiger partial charge on any atom is -0.465 e. The second-order valence-corrected chi connectivity index (χ2v) is 6.11. The average molecular weight is 316 g/mol. The number of hydrogen-bond acceptors (Lipinski definition) is 6. The van der Waals surface area contributed by atoms with E-state index in [1.165, 1.54) is 25.3 Å². The Morgan fingerprint density at radius 1 is 1.43 bits per heavy atom. The fraction of sp³-hybridized carbons (Fsp3) is 0.462. The van der Waals surface area contributed by atoms with E-state index in [9.17, 15) is 13.2 Å². The first-order chi connectivity index (χ1) is 9.81. The van der Waals surface area contributed by atoms with Gasteiger partial charge in [0, 0.05) is 12.6 Å². The molecule has 1 aromatic rings. The number of methoxy groups -OCH3 is 1. The zero-order valence-corrected chi connectivity index (χ0v) is 13.1. The molecule has 7 nitrogen and oxygen atoms in total. The smallest absolute Gasteiger partial charge is 0.337 e. The Bertz CT molecular complexity index is 601. The van der Waals surface area contributed by atoms with Gasteiger partial charge in [0.1, 0.15) is 4.90 Å². The van der Waals surface area contributed by atoms with Crippen LogP contribution in [-0.2, 0) is 19.5 Å². The highest BCUT2D eigenvalue weighted by molar-refractivity contribution is 7.89. The normalized spacial score (nSPS) is 12.9. The summed E-state index contributed by atoms with van der Waals surface area (Å²) in [5.41, 5.74) is 5.89. The van der Waals surface area contributed by atoms with Gasteiger partial charge in [-0.05, 0) is 32.0 Å². The molecule has 118 valence electrons. The first-order valence-electron chi connectivity index (χ1n) is 6.39. The minimum atomic E-state index is -3.78. The van der Waals surface area contributed by atoms with E-state index in [0.29, 0.717) is 6.61 Å². The molecule has 0 aliphatic carbocycles. The van der Waals surface area contributed by atoms with Crippen molar-refractivity contribution in [2.24, 2.45) is 0 Å². The Morgan fingerprint density at radius 2 is 2.10 bits per heavy atom. The van der Waals surface area contributed by atoms with Crippen molar-refractivity contribution in [3.63, 3.8) is 0 Å². The van der Waals surface area contributed by atoms with Crippen LogP contribution in [-0.4, -0.2) is 40.8 Å². The van der Waals surface area contributed by atoms with E-state index in [1.54, 1.807) is 6.92 Å². The van der Waals surface area contributed by atoms with Crippen LogP contribution in [0.1, 0.15) is 24.2 Å². The van der Waals surface area contributed by atoms with E-state index in [4.69, 9.17) is 10.5 Å². The Kier molecular flexibility index (Phi) is 6.13. The van der Waals surface area contributed by atoms with Gasteiger partial charge < -0.3 is 15.2 Å². The largest absolute Gasteiger partial charge is 0.465 e. The monoisotopic (exact) mass is 316 g/mol. The molecule has 0 aliphatic heterocycles. The van der Waals surface area contributed by atoms with E-state index < -0.39 is 22.0 Å². The molecule has 1 unspecified atom stereocenters. The number of benzene rings is 1. The van der Waals surface area contributed by atoms with Crippen molar-refractivity contribution in [2.75, 3.05) is 26.1 Å². The standard InChI is InChI=1S/C13H20N2O5S/c1-4-20-8-9(2)15-21(17,18)12-6-5-10(7-11(12)14)13(16)19-3/h5-7,9,15H,4,8,14H2,1-3H3. The molecular weight excluding hydrogens is 296 g/mol. The summed E-state index contributed by atoms with van der Waals surface area (Å²) in [6, 6.07) is 3.50. The lowest BCUT2D eigenvalue weighted by Crippen LogP contribution is -2.36. The van der Waals surface area contributed by atoms with E-state index in [1.807, 2.05) is 6.92 Å². The van der Waals surface area contributed by atoms with Crippen LogP contribution in [0.5, 0.6) is 0 Å². The van der Waals surface area contributed by atoms with Gasteiger partial charge in [-0.25, -0.2) is 17.9 Å². The highest BCUT2D eigenvalue weighted by Crippen LogP contribution is 2.20. The topological polar surface area (TPSA) is 108 Å².